The molecule has 0 bridgehead atoms. The Balaban J connectivity index is 2.24. The van der Waals surface area contributed by atoms with Gasteiger partial charge in [0.1, 0.15) is 5.82 Å². The van der Waals surface area contributed by atoms with Crippen LogP contribution in [0.2, 0.25) is 0 Å². The fourth-order valence-electron chi connectivity index (χ4n) is 2.56. The molecule has 1 aliphatic rings. The number of ether oxygens (including phenoxy) is 1. The number of halogens is 1. The summed E-state index contributed by atoms with van der Waals surface area (Å²) in [6.07, 6.45) is 1.17. The quantitative estimate of drug-likeness (QED) is 0.896. The Bertz CT molecular complexity index is 411. The van der Waals surface area contributed by atoms with E-state index in [2.05, 4.69) is 11.8 Å². The van der Waals surface area contributed by atoms with Gasteiger partial charge < -0.3 is 14.7 Å². The van der Waals surface area contributed by atoms with Crippen LogP contribution in [0.25, 0.3) is 0 Å². The van der Waals surface area contributed by atoms with Gasteiger partial charge in [0.15, 0.2) is 0 Å². The van der Waals surface area contributed by atoms with Crippen molar-refractivity contribution in [3.63, 3.8) is 0 Å². The van der Waals surface area contributed by atoms with Crippen LogP contribution in [0, 0.1) is 11.7 Å². The molecule has 4 heteroatoms. The monoisotopic (exact) mass is 253 g/mol. The molecule has 0 aliphatic carbocycles. The van der Waals surface area contributed by atoms with Crippen LogP contribution in [0.1, 0.15) is 18.9 Å². The van der Waals surface area contributed by atoms with Crippen LogP contribution in [-0.2, 0) is 11.3 Å². The van der Waals surface area contributed by atoms with Crippen molar-refractivity contribution >= 4 is 5.69 Å². The van der Waals surface area contributed by atoms with Crippen LogP contribution in [0.15, 0.2) is 18.2 Å². The summed E-state index contributed by atoms with van der Waals surface area (Å²) in [5.41, 5.74) is 1.16. The van der Waals surface area contributed by atoms with Crippen molar-refractivity contribution in [3.8, 4) is 0 Å². The summed E-state index contributed by atoms with van der Waals surface area (Å²) in [7, 11) is 1.71. The summed E-state index contributed by atoms with van der Waals surface area (Å²) in [5, 5.41) is 9.31. The van der Waals surface area contributed by atoms with E-state index in [1.807, 2.05) is 6.07 Å². The van der Waals surface area contributed by atoms with E-state index < -0.39 is 0 Å². The molecular weight excluding hydrogens is 233 g/mol. The van der Waals surface area contributed by atoms with Gasteiger partial charge in [-0.3, -0.25) is 0 Å². The molecule has 1 fully saturated rings. The van der Waals surface area contributed by atoms with Crippen LogP contribution in [0.5, 0.6) is 0 Å². The number of methoxy groups -OCH3 is 1. The van der Waals surface area contributed by atoms with Crippen molar-refractivity contribution in [2.45, 2.75) is 26.1 Å². The third kappa shape index (κ3) is 2.49. The minimum atomic E-state index is -0.345. The SMILES string of the molecule is COC1CN(c2cccc(F)c2CO)CCC1C. The lowest BCUT2D eigenvalue weighted by Gasteiger charge is -2.38. The predicted octanol–water partition coefficient (Wildman–Crippen LogP) is 2.18. The van der Waals surface area contributed by atoms with E-state index in [0.717, 1.165) is 25.2 Å². The lowest BCUT2D eigenvalue weighted by molar-refractivity contribution is 0.0497. The highest BCUT2D eigenvalue weighted by atomic mass is 19.1. The van der Waals surface area contributed by atoms with Gasteiger partial charge in [-0.2, -0.15) is 0 Å². The molecule has 1 aliphatic heterocycles. The van der Waals surface area contributed by atoms with E-state index in [-0.39, 0.29) is 18.5 Å². The van der Waals surface area contributed by atoms with Gasteiger partial charge in [0, 0.05) is 31.5 Å². The largest absolute Gasteiger partial charge is 0.391 e. The topological polar surface area (TPSA) is 32.7 Å². The van der Waals surface area contributed by atoms with Gasteiger partial charge in [-0.1, -0.05) is 13.0 Å². The number of hydrogen-bond acceptors (Lipinski definition) is 3. The molecule has 3 nitrogen and oxygen atoms in total. The highest BCUT2D eigenvalue weighted by Crippen LogP contribution is 2.28. The number of piperidine rings is 1. The van der Waals surface area contributed by atoms with Gasteiger partial charge in [-0.25, -0.2) is 4.39 Å². The molecule has 0 spiro atoms. The second kappa shape index (κ2) is 5.67. The molecular formula is C14H20FNO2. The van der Waals surface area contributed by atoms with Crippen molar-refractivity contribution in [1.82, 2.24) is 0 Å². The molecule has 1 heterocycles. The van der Waals surface area contributed by atoms with Gasteiger partial charge in [-0.05, 0) is 24.5 Å². The van der Waals surface area contributed by atoms with Crippen LogP contribution in [-0.4, -0.2) is 31.4 Å². The molecule has 2 rings (SSSR count). The second-order valence-electron chi connectivity index (χ2n) is 4.88. The third-order valence-corrected chi connectivity index (χ3v) is 3.79. The molecule has 2 unspecified atom stereocenters. The molecule has 0 radical (unpaired) electrons. The maximum absolute atomic E-state index is 13.6. The Morgan fingerprint density at radius 3 is 2.94 bits per heavy atom. The molecule has 0 aromatic heterocycles. The zero-order chi connectivity index (χ0) is 13.1. The summed E-state index contributed by atoms with van der Waals surface area (Å²) >= 11 is 0. The number of nitrogens with zero attached hydrogens (tertiary/aromatic N) is 1. The number of aliphatic hydroxyl groups is 1. The summed E-state index contributed by atoms with van der Waals surface area (Å²) in [6, 6.07) is 4.93. The van der Waals surface area contributed by atoms with Crippen LogP contribution < -0.4 is 4.90 Å². The first-order valence-corrected chi connectivity index (χ1v) is 6.33. The van der Waals surface area contributed by atoms with Crippen LogP contribution in [0.3, 0.4) is 0 Å². The second-order valence-corrected chi connectivity index (χ2v) is 4.88. The fourth-order valence-corrected chi connectivity index (χ4v) is 2.56. The van der Waals surface area contributed by atoms with E-state index in [9.17, 15) is 9.50 Å². The summed E-state index contributed by atoms with van der Waals surface area (Å²) in [5.74, 6) is 0.167. The molecule has 100 valence electrons. The Morgan fingerprint density at radius 1 is 1.50 bits per heavy atom. The molecule has 18 heavy (non-hydrogen) atoms. The van der Waals surface area contributed by atoms with Crippen LogP contribution in [0.4, 0.5) is 10.1 Å². The average molecular weight is 253 g/mol. The van der Waals surface area contributed by atoms with Gasteiger partial charge in [0.2, 0.25) is 0 Å². The Labute approximate surface area is 107 Å². The van der Waals surface area contributed by atoms with Crippen molar-refractivity contribution in [3.05, 3.63) is 29.6 Å². The molecule has 1 aromatic carbocycles. The Morgan fingerprint density at radius 2 is 2.28 bits per heavy atom. The minimum Gasteiger partial charge on any atom is -0.391 e. The smallest absolute Gasteiger partial charge is 0.130 e. The van der Waals surface area contributed by atoms with Crippen molar-refractivity contribution < 1.29 is 14.2 Å². The normalized spacial score (nSPS) is 24.3. The lowest BCUT2D eigenvalue weighted by Crippen LogP contribution is -2.44. The number of rotatable bonds is 3. The zero-order valence-electron chi connectivity index (χ0n) is 10.9. The number of benzene rings is 1. The molecule has 1 N–H and O–H groups in total. The first kappa shape index (κ1) is 13.3. The third-order valence-electron chi connectivity index (χ3n) is 3.79. The Hall–Kier alpha value is -1.13. The van der Waals surface area contributed by atoms with Gasteiger partial charge in [-0.15, -0.1) is 0 Å². The van der Waals surface area contributed by atoms with Crippen molar-refractivity contribution in [2.75, 3.05) is 25.1 Å². The molecule has 1 saturated heterocycles. The maximum atomic E-state index is 13.6. The molecule has 0 saturated carbocycles. The predicted molar refractivity (Wildman–Crippen MR) is 69.1 cm³/mol. The number of aliphatic hydroxyl groups excluding tert-OH is 1. The molecule has 1 aromatic rings. The highest BCUT2D eigenvalue weighted by molar-refractivity contribution is 5.54. The minimum absolute atomic E-state index is 0.161. The van der Waals surface area contributed by atoms with E-state index in [0.29, 0.717) is 11.5 Å². The van der Waals surface area contributed by atoms with E-state index >= 15 is 0 Å². The Kier molecular flexibility index (Phi) is 4.19. The highest BCUT2D eigenvalue weighted by Gasteiger charge is 2.27. The zero-order valence-corrected chi connectivity index (χ0v) is 10.9. The van der Waals surface area contributed by atoms with E-state index in [4.69, 9.17) is 4.74 Å². The van der Waals surface area contributed by atoms with Gasteiger partial charge in [0.05, 0.1) is 12.7 Å². The van der Waals surface area contributed by atoms with Crippen LogP contribution >= 0.6 is 0 Å². The fraction of sp³-hybridized carbons (Fsp3) is 0.571. The summed E-state index contributed by atoms with van der Waals surface area (Å²) in [6.45, 7) is 3.52. The number of hydrogen-bond donors (Lipinski definition) is 1. The average Bonchev–Trinajstić information content (AvgIpc) is 2.39. The van der Waals surface area contributed by atoms with Gasteiger partial charge >= 0.3 is 0 Å². The molecule has 0 amide bonds. The maximum Gasteiger partial charge on any atom is 0.130 e. The van der Waals surface area contributed by atoms with Gasteiger partial charge in [0.25, 0.3) is 0 Å². The summed E-state index contributed by atoms with van der Waals surface area (Å²) < 4.78 is 19.1. The van der Waals surface area contributed by atoms with Crippen molar-refractivity contribution in [2.24, 2.45) is 5.92 Å². The first-order chi connectivity index (χ1) is 8.67. The van der Waals surface area contributed by atoms with Crippen molar-refractivity contribution in [1.29, 1.82) is 0 Å². The first-order valence-electron chi connectivity index (χ1n) is 6.33. The molecule has 2 atom stereocenters. The van der Waals surface area contributed by atoms with E-state index in [1.54, 1.807) is 13.2 Å². The number of anilines is 1. The standard InChI is InChI=1S/C14H20FNO2/c1-10-6-7-16(8-14(10)18-2)13-5-3-4-12(15)11(13)9-17/h3-5,10,14,17H,6-9H2,1-2H3. The van der Waals surface area contributed by atoms with E-state index in [1.165, 1.54) is 6.07 Å². The lowest BCUT2D eigenvalue weighted by atomic mass is 9.95. The summed E-state index contributed by atoms with van der Waals surface area (Å²) in [4.78, 5) is 2.10.